The summed E-state index contributed by atoms with van der Waals surface area (Å²) in [5.41, 5.74) is 1.38. The van der Waals surface area contributed by atoms with E-state index in [1.165, 1.54) is 7.11 Å². The fourth-order valence-electron chi connectivity index (χ4n) is 2.27. The van der Waals surface area contributed by atoms with Gasteiger partial charge in [0.1, 0.15) is 0 Å². The quantitative estimate of drug-likeness (QED) is 0.794. The van der Waals surface area contributed by atoms with Crippen LogP contribution in [0.3, 0.4) is 0 Å². The van der Waals surface area contributed by atoms with Crippen LogP contribution < -0.4 is 0 Å². The summed E-state index contributed by atoms with van der Waals surface area (Å²) in [7, 11) is 1.40. The molecule has 0 radical (unpaired) electrons. The van der Waals surface area contributed by atoms with Gasteiger partial charge in [-0.2, -0.15) is 11.8 Å². The van der Waals surface area contributed by atoms with Gasteiger partial charge in [0.05, 0.1) is 18.4 Å². The number of aromatic nitrogens is 1. The van der Waals surface area contributed by atoms with Crippen molar-refractivity contribution in [3.05, 3.63) is 29.6 Å². The second kappa shape index (κ2) is 6.39. The van der Waals surface area contributed by atoms with Crippen LogP contribution in [0.15, 0.2) is 18.3 Å². The first kappa shape index (κ1) is 14.3. The van der Waals surface area contributed by atoms with Gasteiger partial charge < -0.3 is 4.74 Å². The first-order valence-electron chi connectivity index (χ1n) is 6.51. The zero-order valence-corrected chi connectivity index (χ0v) is 12.4. The van der Waals surface area contributed by atoms with Crippen LogP contribution in [0.25, 0.3) is 0 Å². The predicted octanol–water partition coefficient (Wildman–Crippen LogP) is 2.19. The summed E-state index contributed by atoms with van der Waals surface area (Å²) in [6, 6.07) is 4.04. The van der Waals surface area contributed by atoms with Crippen LogP contribution >= 0.6 is 11.8 Å². The zero-order chi connectivity index (χ0) is 13.8. The van der Waals surface area contributed by atoms with Crippen LogP contribution in [-0.2, 0) is 11.3 Å². The Morgan fingerprint density at radius 1 is 1.58 bits per heavy atom. The third kappa shape index (κ3) is 3.28. The molecule has 104 valence electrons. The van der Waals surface area contributed by atoms with Gasteiger partial charge in [-0.15, -0.1) is 0 Å². The minimum atomic E-state index is -0.310. The summed E-state index contributed by atoms with van der Waals surface area (Å²) >= 11 is 2.00. The molecule has 1 aromatic heterocycles. The first-order chi connectivity index (χ1) is 9.13. The van der Waals surface area contributed by atoms with Gasteiger partial charge in [-0.05, 0) is 19.1 Å². The topological polar surface area (TPSA) is 42.4 Å². The van der Waals surface area contributed by atoms with Gasteiger partial charge in [-0.1, -0.05) is 6.92 Å². The monoisotopic (exact) mass is 280 g/mol. The Hall–Kier alpha value is -1.07. The number of ether oxygens (including phenoxy) is 1. The molecule has 0 aromatic carbocycles. The van der Waals surface area contributed by atoms with Crippen LogP contribution in [0, 0.1) is 0 Å². The van der Waals surface area contributed by atoms with E-state index in [1.807, 2.05) is 11.8 Å². The maximum absolute atomic E-state index is 11.7. The fourth-order valence-corrected chi connectivity index (χ4v) is 3.43. The van der Waals surface area contributed by atoms with Crippen molar-refractivity contribution in [1.82, 2.24) is 9.88 Å². The number of carbonyl (C=O) groups excluding carboxylic acids is 1. The fraction of sp³-hybridized carbons (Fsp3) is 0.571. The minimum Gasteiger partial charge on any atom is -0.465 e. The molecule has 2 unspecified atom stereocenters. The summed E-state index contributed by atoms with van der Waals surface area (Å²) in [6.07, 6.45) is 1.73. The third-order valence-electron chi connectivity index (χ3n) is 3.66. The van der Waals surface area contributed by atoms with Crippen molar-refractivity contribution < 1.29 is 9.53 Å². The van der Waals surface area contributed by atoms with Crippen LogP contribution in [0.2, 0.25) is 0 Å². The van der Waals surface area contributed by atoms with Crippen molar-refractivity contribution in [2.24, 2.45) is 0 Å². The average Bonchev–Trinajstić information content (AvgIpc) is 2.43. The van der Waals surface area contributed by atoms with Crippen molar-refractivity contribution in [3.8, 4) is 0 Å². The average molecular weight is 280 g/mol. The number of rotatable bonds is 3. The van der Waals surface area contributed by atoms with Gasteiger partial charge in [0, 0.05) is 36.3 Å². The molecule has 0 bridgehead atoms. The molecule has 1 saturated heterocycles. The predicted molar refractivity (Wildman–Crippen MR) is 77.4 cm³/mol. The molecule has 19 heavy (non-hydrogen) atoms. The maximum atomic E-state index is 11.7. The van der Waals surface area contributed by atoms with Crippen LogP contribution in [0.4, 0.5) is 0 Å². The van der Waals surface area contributed by atoms with Gasteiger partial charge in [-0.3, -0.25) is 9.88 Å². The van der Waals surface area contributed by atoms with Crippen molar-refractivity contribution in [2.75, 3.05) is 19.4 Å². The molecule has 5 heteroatoms. The lowest BCUT2D eigenvalue weighted by atomic mass is 10.1. The lowest BCUT2D eigenvalue weighted by Crippen LogP contribution is -2.44. The van der Waals surface area contributed by atoms with E-state index in [0.29, 0.717) is 23.4 Å². The molecule has 0 spiro atoms. The largest absolute Gasteiger partial charge is 0.465 e. The smallest absolute Gasteiger partial charge is 0.339 e. The van der Waals surface area contributed by atoms with Crippen molar-refractivity contribution in [1.29, 1.82) is 0 Å². The van der Waals surface area contributed by atoms with E-state index in [-0.39, 0.29) is 5.97 Å². The normalized spacial score (nSPS) is 24.2. The maximum Gasteiger partial charge on any atom is 0.339 e. The van der Waals surface area contributed by atoms with E-state index >= 15 is 0 Å². The van der Waals surface area contributed by atoms with E-state index in [2.05, 4.69) is 23.7 Å². The van der Waals surface area contributed by atoms with Crippen LogP contribution in [0.5, 0.6) is 0 Å². The van der Waals surface area contributed by atoms with Gasteiger partial charge in [-0.25, -0.2) is 4.79 Å². The molecule has 4 nitrogen and oxygen atoms in total. The van der Waals surface area contributed by atoms with Crippen LogP contribution in [0.1, 0.15) is 29.9 Å². The highest BCUT2D eigenvalue weighted by molar-refractivity contribution is 8.00. The number of pyridine rings is 1. The van der Waals surface area contributed by atoms with Crippen molar-refractivity contribution >= 4 is 17.7 Å². The Morgan fingerprint density at radius 2 is 2.37 bits per heavy atom. The summed E-state index contributed by atoms with van der Waals surface area (Å²) in [4.78, 5) is 18.5. The second-order valence-corrected chi connectivity index (χ2v) is 6.26. The Balaban J connectivity index is 2.16. The first-order valence-corrected chi connectivity index (χ1v) is 7.56. The van der Waals surface area contributed by atoms with Crippen molar-refractivity contribution in [2.45, 2.75) is 31.7 Å². The number of carbonyl (C=O) groups is 1. The molecule has 0 amide bonds. The number of nitrogens with zero attached hydrogens (tertiary/aromatic N) is 2. The molecule has 1 fully saturated rings. The molecule has 1 aromatic rings. The summed E-state index contributed by atoms with van der Waals surface area (Å²) in [5, 5.41) is 0.610. The van der Waals surface area contributed by atoms with E-state index in [9.17, 15) is 4.79 Å². The molecule has 0 N–H and O–H groups in total. The standard InChI is InChI=1S/C14H20N2O2S/c1-10-11(2)19-8-7-16(10)9-13-12(14(17)18-3)5-4-6-15-13/h4-6,10-11H,7-9H2,1-3H3. The Kier molecular flexibility index (Phi) is 4.82. The molecule has 2 atom stereocenters. The number of esters is 1. The van der Waals surface area contributed by atoms with Gasteiger partial charge in [0.2, 0.25) is 0 Å². The number of hydrogen-bond donors (Lipinski definition) is 0. The summed E-state index contributed by atoms with van der Waals surface area (Å²) < 4.78 is 4.81. The van der Waals surface area contributed by atoms with E-state index < -0.39 is 0 Å². The van der Waals surface area contributed by atoms with Gasteiger partial charge in [0.25, 0.3) is 0 Å². The lowest BCUT2D eigenvalue weighted by molar-refractivity contribution is 0.0596. The highest BCUT2D eigenvalue weighted by atomic mass is 32.2. The molecule has 1 aliphatic heterocycles. The van der Waals surface area contributed by atoms with E-state index in [0.717, 1.165) is 18.0 Å². The number of thioether (sulfide) groups is 1. The highest BCUT2D eigenvalue weighted by Crippen LogP contribution is 2.25. The third-order valence-corrected chi connectivity index (χ3v) is 5.00. The van der Waals surface area contributed by atoms with E-state index in [1.54, 1.807) is 18.3 Å². The lowest BCUT2D eigenvalue weighted by Gasteiger charge is -2.37. The highest BCUT2D eigenvalue weighted by Gasteiger charge is 2.26. The minimum absolute atomic E-state index is 0.310. The molecule has 2 heterocycles. The molecule has 2 rings (SSSR count). The zero-order valence-electron chi connectivity index (χ0n) is 11.6. The molecular weight excluding hydrogens is 260 g/mol. The molecule has 0 saturated carbocycles. The molecule has 0 aliphatic carbocycles. The molecular formula is C14H20N2O2S. The number of hydrogen-bond acceptors (Lipinski definition) is 5. The summed E-state index contributed by atoms with van der Waals surface area (Å²) in [5.74, 6) is 0.821. The Labute approximate surface area is 118 Å². The Morgan fingerprint density at radius 3 is 3.11 bits per heavy atom. The second-order valence-electron chi connectivity index (χ2n) is 4.78. The Bertz CT molecular complexity index is 453. The SMILES string of the molecule is COC(=O)c1cccnc1CN1CCSC(C)C1C. The summed E-state index contributed by atoms with van der Waals surface area (Å²) in [6.45, 7) is 6.23. The number of methoxy groups -OCH3 is 1. The molecule has 1 aliphatic rings. The van der Waals surface area contributed by atoms with Gasteiger partial charge in [0.15, 0.2) is 0 Å². The van der Waals surface area contributed by atoms with Gasteiger partial charge >= 0.3 is 5.97 Å². The van der Waals surface area contributed by atoms with Crippen LogP contribution in [-0.4, -0.2) is 46.6 Å². The van der Waals surface area contributed by atoms with Crippen molar-refractivity contribution in [3.63, 3.8) is 0 Å². The van der Waals surface area contributed by atoms with E-state index in [4.69, 9.17) is 4.74 Å².